The van der Waals surface area contributed by atoms with E-state index in [9.17, 15) is 0 Å². The molecular formula is C32H48N6. The molecule has 0 radical (unpaired) electrons. The number of hydrogen-bond donors (Lipinski definition) is 0. The second kappa shape index (κ2) is 12.3. The third kappa shape index (κ3) is 5.83. The van der Waals surface area contributed by atoms with E-state index in [0.717, 1.165) is 43.1 Å². The summed E-state index contributed by atoms with van der Waals surface area (Å²) in [6.45, 7) is 19.6. The van der Waals surface area contributed by atoms with Gasteiger partial charge in [0.1, 0.15) is 5.82 Å². The molecule has 0 amide bonds. The van der Waals surface area contributed by atoms with E-state index in [1.165, 1.54) is 69.5 Å². The van der Waals surface area contributed by atoms with Gasteiger partial charge in [0.25, 0.3) is 0 Å². The van der Waals surface area contributed by atoms with Crippen LogP contribution in [0, 0.1) is 5.92 Å². The summed E-state index contributed by atoms with van der Waals surface area (Å²) in [7, 11) is 2.24. The second-order valence-electron chi connectivity index (χ2n) is 12.1. The molecule has 3 aliphatic rings. The lowest BCUT2D eigenvalue weighted by Gasteiger charge is -2.38. The predicted octanol–water partition coefficient (Wildman–Crippen LogP) is 5.66. The van der Waals surface area contributed by atoms with Crippen LogP contribution in [0.1, 0.15) is 86.9 Å². The van der Waals surface area contributed by atoms with Gasteiger partial charge in [-0.25, -0.2) is 4.98 Å². The molecule has 2 aliphatic heterocycles. The van der Waals surface area contributed by atoms with Gasteiger partial charge in [-0.1, -0.05) is 19.2 Å². The normalized spacial score (nSPS) is 24.7. The van der Waals surface area contributed by atoms with Gasteiger partial charge < -0.3 is 9.47 Å². The molecule has 0 bridgehead atoms. The first kappa shape index (κ1) is 27.3. The SMILES string of the molecule is C=Cc1nc(CN(C)[C@H]2CCCc3cccnc32)n(C[C@H]2CCCN(C[C@@H]3CCCN3C(C)C)C2)c1C=C. The Labute approximate surface area is 230 Å². The van der Waals surface area contributed by atoms with Crippen LogP contribution in [-0.2, 0) is 19.5 Å². The van der Waals surface area contributed by atoms with E-state index >= 15 is 0 Å². The van der Waals surface area contributed by atoms with E-state index in [-0.39, 0.29) is 0 Å². The van der Waals surface area contributed by atoms with E-state index < -0.39 is 0 Å². The topological polar surface area (TPSA) is 40.4 Å². The average molecular weight is 517 g/mol. The highest BCUT2D eigenvalue weighted by Crippen LogP contribution is 2.33. The number of imidazole rings is 1. The molecule has 6 nitrogen and oxygen atoms in total. The number of piperidine rings is 1. The zero-order valence-corrected chi connectivity index (χ0v) is 24.0. The monoisotopic (exact) mass is 516 g/mol. The summed E-state index contributed by atoms with van der Waals surface area (Å²) >= 11 is 0. The summed E-state index contributed by atoms with van der Waals surface area (Å²) in [6.07, 6.45) is 14.6. The van der Waals surface area contributed by atoms with Gasteiger partial charge in [-0.05, 0) is 109 Å². The summed E-state index contributed by atoms with van der Waals surface area (Å²) in [6, 6.07) is 6.02. The van der Waals surface area contributed by atoms with Crippen molar-refractivity contribution in [2.75, 3.05) is 33.2 Å². The largest absolute Gasteiger partial charge is 0.327 e. The Morgan fingerprint density at radius 3 is 2.71 bits per heavy atom. The standard InChI is InChI=1S/C32H48N6/c1-6-28-29(7-2)38(21-25-12-10-18-36(20-25)22-27-15-11-19-37(27)24(3)4)31(34-28)23-35(5)30-16-8-13-26-14-9-17-33-32(26)30/h6-7,9,14,17,24-25,27,30H,1-2,8,10-13,15-16,18-23H2,3-5H3/t25-,27-,30-/m0/s1. The Balaban J connectivity index is 1.31. The molecule has 2 aromatic rings. The molecule has 0 saturated carbocycles. The van der Waals surface area contributed by atoms with Gasteiger partial charge in [-0.2, -0.15) is 0 Å². The van der Waals surface area contributed by atoms with E-state index in [4.69, 9.17) is 9.97 Å². The number of pyridine rings is 1. The minimum Gasteiger partial charge on any atom is -0.327 e. The van der Waals surface area contributed by atoms with Gasteiger partial charge in [-0.3, -0.25) is 14.8 Å². The van der Waals surface area contributed by atoms with Crippen molar-refractivity contribution in [1.82, 2.24) is 29.2 Å². The number of nitrogens with zero attached hydrogens (tertiary/aromatic N) is 6. The first-order chi connectivity index (χ1) is 18.5. The minimum absolute atomic E-state index is 0.338. The highest BCUT2D eigenvalue weighted by atomic mass is 15.3. The highest BCUT2D eigenvalue weighted by Gasteiger charge is 2.31. The minimum atomic E-state index is 0.338. The van der Waals surface area contributed by atoms with E-state index in [1.54, 1.807) is 0 Å². The quantitative estimate of drug-likeness (QED) is 0.408. The van der Waals surface area contributed by atoms with Crippen LogP contribution in [0.2, 0.25) is 0 Å². The molecule has 0 spiro atoms. The lowest BCUT2D eigenvalue weighted by atomic mass is 9.91. The molecule has 1 aliphatic carbocycles. The fourth-order valence-electron chi connectivity index (χ4n) is 7.33. The van der Waals surface area contributed by atoms with Crippen LogP contribution in [0.25, 0.3) is 12.2 Å². The Hall–Kier alpha value is -2.28. The van der Waals surface area contributed by atoms with Crippen molar-refractivity contribution in [3.8, 4) is 0 Å². The van der Waals surface area contributed by atoms with Crippen LogP contribution in [-0.4, -0.2) is 74.5 Å². The Bertz CT molecular complexity index is 1100. The zero-order valence-electron chi connectivity index (χ0n) is 24.0. The average Bonchev–Trinajstić information content (AvgIpc) is 3.52. The van der Waals surface area contributed by atoms with Gasteiger partial charge in [-0.15, -0.1) is 0 Å². The van der Waals surface area contributed by atoms with Crippen LogP contribution in [0.4, 0.5) is 0 Å². The first-order valence-electron chi connectivity index (χ1n) is 14.9. The zero-order chi connectivity index (χ0) is 26.6. The molecule has 2 fully saturated rings. The third-order valence-corrected chi connectivity index (χ3v) is 9.19. The Kier molecular flexibility index (Phi) is 8.81. The number of hydrogen-bond acceptors (Lipinski definition) is 5. The smallest absolute Gasteiger partial charge is 0.124 e. The number of rotatable bonds is 10. The molecule has 3 atom stereocenters. The molecular weight excluding hydrogens is 468 g/mol. The van der Waals surface area contributed by atoms with Crippen molar-refractivity contribution in [1.29, 1.82) is 0 Å². The summed E-state index contributed by atoms with van der Waals surface area (Å²) in [4.78, 5) is 17.8. The molecule has 38 heavy (non-hydrogen) atoms. The Morgan fingerprint density at radius 2 is 1.92 bits per heavy atom. The lowest BCUT2D eigenvalue weighted by molar-refractivity contribution is 0.106. The van der Waals surface area contributed by atoms with Gasteiger partial charge in [0.05, 0.1) is 29.7 Å². The van der Waals surface area contributed by atoms with Crippen LogP contribution in [0.5, 0.6) is 0 Å². The van der Waals surface area contributed by atoms with Crippen molar-refractivity contribution in [2.24, 2.45) is 5.92 Å². The molecule has 2 saturated heterocycles. The number of aryl methyl sites for hydroxylation is 1. The van der Waals surface area contributed by atoms with Crippen LogP contribution in [0.15, 0.2) is 31.5 Å². The molecule has 0 unspecified atom stereocenters. The summed E-state index contributed by atoms with van der Waals surface area (Å²) in [5.41, 5.74) is 4.72. The molecule has 4 heterocycles. The molecule has 206 valence electrons. The number of aromatic nitrogens is 3. The van der Waals surface area contributed by atoms with Gasteiger partial charge in [0, 0.05) is 37.9 Å². The van der Waals surface area contributed by atoms with E-state index in [1.807, 2.05) is 18.3 Å². The maximum atomic E-state index is 5.08. The number of fused-ring (bicyclic) bond motifs is 1. The fourth-order valence-corrected chi connectivity index (χ4v) is 7.33. The summed E-state index contributed by atoms with van der Waals surface area (Å²) in [5, 5.41) is 0. The molecule has 5 rings (SSSR count). The van der Waals surface area contributed by atoms with Crippen molar-refractivity contribution >= 4 is 12.2 Å². The van der Waals surface area contributed by atoms with Crippen LogP contribution in [0.3, 0.4) is 0 Å². The van der Waals surface area contributed by atoms with Gasteiger partial charge in [0.2, 0.25) is 0 Å². The van der Waals surface area contributed by atoms with Gasteiger partial charge in [0.15, 0.2) is 0 Å². The molecule has 0 aromatic carbocycles. The number of likely N-dealkylation sites (tertiary alicyclic amines) is 2. The molecule has 0 N–H and O–H groups in total. The summed E-state index contributed by atoms with van der Waals surface area (Å²) < 4.78 is 2.45. The van der Waals surface area contributed by atoms with Crippen molar-refractivity contribution < 1.29 is 0 Å². The second-order valence-corrected chi connectivity index (χ2v) is 12.1. The van der Waals surface area contributed by atoms with Crippen molar-refractivity contribution in [2.45, 2.75) is 90.0 Å². The van der Waals surface area contributed by atoms with Crippen LogP contribution >= 0.6 is 0 Å². The molecule has 2 aromatic heterocycles. The van der Waals surface area contributed by atoms with E-state index in [2.05, 4.69) is 65.5 Å². The van der Waals surface area contributed by atoms with Crippen molar-refractivity contribution in [3.05, 3.63) is 60.0 Å². The highest BCUT2D eigenvalue weighted by molar-refractivity contribution is 5.58. The first-order valence-corrected chi connectivity index (χ1v) is 14.9. The van der Waals surface area contributed by atoms with Crippen molar-refractivity contribution in [3.63, 3.8) is 0 Å². The summed E-state index contributed by atoms with van der Waals surface area (Å²) in [5.74, 6) is 1.75. The Morgan fingerprint density at radius 1 is 1.08 bits per heavy atom. The van der Waals surface area contributed by atoms with E-state index in [0.29, 0.717) is 24.0 Å². The van der Waals surface area contributed by atoms with Crippen LogP contribution < -0.4 is 0 Å². The predicted molar refractivity (Wildman–Crippen MR) is 158 cm³/mol. The maximum absolute atomic E-state index is 5.08. The fraction of sp³-hybridized carbons (Fsp3) is 0.625. The lowest BCUT2D eigenvalue weighted by Crippen LogP contribution is -2.46. The van der Waals surface area contributed by atoms with Gasteiger partial charge >= 0.3 is 0 Å². The third-order valence-electron chi connectivity index (χ3n) is 9.19. The maximum Gasteiger partial charge on any atom is 0.124 e. The molecule has 6 heteroatoms.